The van der Waals surface area contributed by atoms with Gasteiger partial charge in [0.15, 0.2) is 0 Å². The molecular formula is C17H18FNO3. The molecule has 0 aliphatic rings. The second-order valence-electron chi connectivity index (χ2n) is 4.72. The molecule has 0 atom stereocenters. The minimum absolute atomic E-state index is 0.216. The zero-order valence-corrected chi connectivity index (χ0v) is 12.3. The molecule has 0 spiro atoms. The molecule has 22 heavy (non-hydrogen) atoms. The van der Waals surface area contributed by atoms with Crippen molar-refractivity contribution in [2.24, 2.45) is 0 Å². The van der Waals surface area contributed by atoms with Crippen molar-refractivity contribution in [2.75, 3.05) is 6.61 Å². The van der Waals surface area contributed by atoms with Crippen LogP contribution in [0.4, 0.5) is 4.39 Å². The number of nitrogens with one attached hydrogen (secondary N) is 1. The van der Waals surface area contributed by atoms with Gasteiger partial charge in [-0.1, -0.05) is 6.07 Å². The Hall–Kier alpha value is -2.40. The third kappa shape index (κ3) is 4.05. The van der Waals surface area contributed by atoms with Crippen LogP contribution in [0.2, 0.25) is 0 Å². The molecule has 2 aromatic carbocycles. The molecule has 0 radical (unpaired) electrons. The Bertz CT molecular complexity index is 641. The van der Waals surface area contributed by atoms with E-state index in [9.17, 15) is 9.18 Å². The fourth-order valence-corrected chi connectivity index (χ4v) is 2.01. The number of hydrogen-bond acceptors (Lipinski definition) is 3. The molecule has 1 amide bonds. The van der Waals surface area contributed by atoms with Gasteiger partial charge in [0.2, 0.25) is 0 Å². The Kier molecular flexibility index (Phi) is 5.49. The molecule has 0 saturated heterocycles. The Balaban J connectivity index is 1.97. The molecule has 0 bridgehead atoms. The molecular weight excluding hydrogens is 285 g/mol. The lowest BCUT2D eigenvalue weighted by atomic mass is 10.1. The summed E-state index contributed by atoms with van der Waals surface area (Å²) in [5, 5.41) is 11.8. The number of rotatable bonds is 6. The van der Waals surface area contributed by atoms with Crippen molar-refractivity contribution in [3.63, 3.8) is 0 Å². The van der Waals surface area contributed by atoms with Crippen molar-refractivity contribution in [1.82, 2.24) is 5.32 Å². The van der Waals surface area contributed by atoms with Crippen molar-refractivity contribution in [1.29, 1.82) is 0 Å². The topological polar surface area (TPSA) is 58.6 Å². The number of halogens is 1. The molecule has 0 aliphatic heterocycles. The molecule has 2 rings (SSSR count). The Morgan fingerprint density at radius 2 is 1.95 bits per heavy atom. The van der Waals surface area contributed by atoms with Crippen LogP contribution in [0.1, 0.15) is 28.4 Å². The molecule has 5 heteroatoms. The molecule has 2 aromatic rings. The van der Waals surface area contributed by atoms with Crippen molar-refractivity contribution in [3.05, 3.63) is 65.0 Å². The summed E-state index contributed by atoms with van der Waals surface area (Å²) in [6, 6.07) is 11.2. The molecule has 116 valence electrons. The molecule has 0 fully saturated rings. The van der Waals surface area contributed by atoms with Gasteiger partial charge in [-0.2, -0.15) is 0 Å². The molecule has 0 aliphatic carbocycles. The standard InChI is InChI=1S/C17H18FNO3/c1-2-22-15-6-4-13(5-7-15)17(21)19-10-12-3-8-16(18)14(9-12)11-20/h3-9,20H,2,10-11H2,1H3,(H,19,21). The van der Waals surface area contributed by atoms with Gasteiger partial charge in [0, 0.05) is 17.7 Å². The number of amides is 1. The zero-order valence-electron chi connectivity index (χ0n) is 12.3. The van der Waals surface area contributed by atoms with Gasteiger partial charge >= 0.3 is 0 Å². The molecule has 4 nitrogen and oxygen atoms in total. The summed E-state index contributed by atoms with van der Waals surface area (Å²) in [5.41, 5.74) is 1.46. The summed E-state index contributed by atoms with van der Waals surface area (Å²) in [5.74, 6) is 0.0344. The predicted molar refractivity (Wildman–Crippen MR) is 81.1 cm³/mol. The first kappa shape index (κ1) is 16.0. The van der Waals surface area contributed by atoms with Crippen LogP contribution >= 0.6 is 0 Å². The second kappa shape index (κ2) is 7.56. The quantitative estimate of drug-likeness (QED) is 0.862. The SMILES string of the molecule is CCOc1ccc(C(=O)NCc2ccc(F)c(CO)c2)cc1. The van der Waals surface area contributed by atoms with Crippen LogP contribution < -0.4 is 10.1 Å². The maximum absolute atomic E-state index is 13.3. The van der Waals surface area contributed by atoms with Gasteiger partial charge in [0.05, 0.1) is 13.2 Å². The summed E-state index contributed by atoms with van der Waals surface area (Å²) in [6.07, 6.45) is 0. The van der Waals surface area contributed by atoms with Crippen LogP contribution in [0.3, 0.4) is 0 Å². The molecule has 0 unspecified atom stereocenters. The van der Waals surface area contributed by atoms with Crippen molar-refractivity contribution < 1.29 is 19.0 Å². The first-order chi connectivity index (χ1) is 10.6. The van der Waals surface area contributed by atoms with E-state index in [1.165, 1.54) is 12.1 Å². The van der Waals surface area contributed by atoms with Crippen molar-refractivity contribution in [2.45, 2.75) is 20.1 Å². The second-order valence-corrected chi connectivity index (χ2v) is 4.72. The highest BCUT2D eigenvalue weighted by molar-refractivity contribution is 5.94. The van der Waals surface area contributed by atoms with Gasteiger partial charge in [0.1, 0.15) is 11.6 Å². The summed E-state index contributed by atoms with van der Waals surface area (Å²) in [4.78, 5) is 12.0. The maximum Gasteiger partial charge on any atom is 0.251 e. The summed E-state index contributed by atoms with van der Waals surface area (Å²) in [6.45, 7) is 2.36. The fourth-order valence-electron chi connectivity index (χ4n) is 2.01. The average Bonchev–Trinajstić information content (AvgIpc) is 2.55. The van der Waals surface area contributed by atoms with Gasteiger partial charge in [0.25, 0.3) is 5.91 Å². The number of carbonyl (C=O) groups is 1. The Labute approximate surface area is 128 Å². The van der Waals surface area contributed by atoms with Crippen molar-refractivity contribution >= 4 is 5.91 Å². The Morgan fingerprint density at radius 1 is 1.23 bits per heavy atom. The minimum atomic E-state index is -0.455. The number of benzene rings is 2. The van der Waals surface area contributed by atoms with E-state index in [-0.39, 0.29) is 24.6 Å². The molecule has 2 N–H and O–H groups in total. The first-order valence-corrected chi connectivity index (χ1v) is 7.03. The Morgan fingerprint density at radius 3 is 2.59 bits per heavy atom. The number of ether oxygens (including phenoxy) is 1. The van der Waals surface area contributed by atoms with E-state index in [2.05, 4.69) is 5.32 Å². The third-order valence-electron chi connectivity index (χ3n) is 3.16. The van der Waals surface area contributed by atoms with Crippen molar-refractivity contribution in [3.8, 4) is 5.75 Å². The number of hydrogen-bond donors (Lipinski definition) is 2. The van der Waals surface area contributed by atoms with Gasteiger partial charge in [-0.05, 0) is 48.9 Å². The molecule has 0 aromatic heterocycles. The van der Waals surface area contributed by atoms with E-state index in [4.69, 9.17) is 9.84 Å². The van der Waals surface area contributed by atoms with Gasteiger partial charge < -0.3 is 15.2 Å². The number of aliphatic hydroxyl groups is 1. The monoisotopic (exact) mass is 303 g/mol. The highest BCUT2D eigenvalue weighted by Crippen LogP contribution is 2.13. The highest BCUT2D eigenvalue weighted by Gasteiger charge is 2.07. The predicted octanol–water partition coefficient (Wildman–Crippen LogP) is 2.65. The van der Waals surface area contributed by atoms with E-state index >= 15 is 0 Å². The summed E-state index contributed by atoms with van der Waals surface area (Å²) < 4.78 is 18.6. The van der Waals surface area contributed by atoms with E-state index < -0.39 is 5.82 Å². The van der Waals surface area contributed by atoms with Gasteiger partial charge in [-0.15, -0.1) is 0 Å². The van der Waals surface area contributed by atoms with Crippen LogP contribution in [0.25, 0.3) is 0 Å². The van der Waals surface area contributed by atoms with E-state index in [1.807, 2.05) is 6.92 Å². The summed E-state index contributed by atoms with van der Waals surface area (Å²) in [7, 11) is 0. The molecule has 0 saturated carbocycles. The van der Waals surface area contributed by atoms with Crippen LogP contribution in [0.15, 0.2) is 42.5 Å². The van der Waals surface area contributed by atoms with Crippen LogP contribution in [0.5, 0.6) is 5.75 Å². The average molecular weight is 303 g/mol. The normalized spacial score (nSPS) is 10.3. The maximum atomic E-state index is 13.3. The largest absolute Gasteiger partial charge is 0.494 e. The van der Waals surface area contributed by atoms with Gasteiger partial charge in [-0.25, -0.2) is 4.39 Å². The third-order valence-corrected chi connectivity index (χ3v) is 3.16. The lowest BCUT2D eigenvalue weighted by molar-refractivity contribution is 0.0951. The van der Waals surface area contributed by atoms with E-state index in [1.54, 1.807) is 30.3 Å². The summed E-state index contributed by atoms with van der Waals surface area (Å²) >= 11 is 0. The van der Waals surface area contributed by atoms with Crippen LogP contribution in [-0.4, -0.2) is 17.6 Å². The highest BCUT2D eigenvalue weighted by atomic mass is 19.1. The lowest BCUT2D eigenvalue weighted by Crippen LogP contribution is -2.22. The van der Waals surface area contributed by atoms with E-state index in [0.29, 0.717) is 17.9 Å². The first-order valence-electron chi connectivity index (χ1n) is 7.03. The smallest absolute Gasteiger partial charge is 0.251 e. The minimum Gasteiger partial charge on any atom is -0.494 e. The van der Waals surface area contributed by atoms with Crippen LogP contribution in [-0.2, 0) is 13.2 Å². The zero-order chi connectivity index (χ0) is 15.9. The van der Waals surface area contributed by atoms with Crippen LogP contribution in [0, 0.1) is 5.82 Å². The van der Waals surface area contributed by atoms with E-state index in [0.717, 1.165) is 5.56 Å². The lowest BCUT2D eigenvalue weighted by Gasteiger charge is -2.08. The molecule has 0 heterocycles. The van der Waals surface area contributed by atoms with Gasteiger partial charge in [-0.3, -0.25) is 4.79 Å². The number of aliphatic hydroxyl groups excluding tert-OH is 1. The number of carbonyl (C=O) groups excluding carboxylic acids is 1. The fraction of sp³-hybridized carbons (Fsp3) is 0.235.